The predicted molar refractivity (Wildman–Crippen MR) is 180 cm³/mol. The van der Waals surface area contributed by atoms with Crippen molar-refractivity contribution in [2.45, 2.75) is 50.8 Å². The first kappa shape index (κ1) is 35.4. The largest absolute Gasteiger partial charge is 0.445 e. The van der Waals surface area contributed by atoms with Crippen LogP contribution in [0.1, 0.15) is 29.7 Å². The van der Waals surface area contributed by atoms with Crippen molar-refractivity contribution in [1.29, 1.82) is 0 Å². The number of para-hydroxylation sites is 1. The van der Waals surface area contributed by atoms with Gasteiger partial charge in [0.15, 0.2) is 0 Å². The molecule has 0 unspecified atom stereocenters. The number of aromatic nitrogens is 1. The molecule has 1 aromatic heterocycles. The molecule has 2 aromatic carbocycles. The van der Waals surface area contributed by atoms with Crippen molar-refractivity contribution in [2.24, 2.45) is 5.92 Å². The smallest absolute Gasteiger partial charge is 0.416 e. The Kier molecular flexibility index (Phi) is 10.2. The molecule has 6 rings (SSSR count). The number of piperidine rings is 1. The van der Waals surface area contributed by atoms with Crippen molar-refractivity contribution in [3.05, 3.63) is 82.5 Å². The highest BCUT2D eigenvalue weighted by atomic mass is 35.5. The van der Waals surface area contributed by atoms with Crippen LogP contribution in [0.4, 0.5) is 39.5 Å². The molecule has 2 saturated heterocycles. The van der Waals surface area contributed by atoms with Crippen LogP contribution < -0.4 is 20.0 Å². The van der Waals surface area contributed by atoms with Crippen molar-refractivity contribution < 1.29 is 36.7 Å². The van der Waals surface area contributed by atoms with Gasteiger partial charge in [0.2, 0.25) is 11.8 Å². The molecule has 3 aliphatic heterocycles. The van der Waals surface area contributed by atoms with E-state index in [4.69, 9.17) is 16.3 Å². The number of halogens is 5. The van der Waals surface area contributed by atoms with Gasteiger partial charge < -0.3 is 24.8 Å². The molecule has 15 heteroatoms. The molecule has 0 saturated carbocycles. The number of hydrogen-bond donors (Lipinski definition) is 1. The zero-order chi connectivity index (χ0) is 35.7. The lowest BCUT2D eigenvalue weighted by molar-refractivity contribution is -0.137. The summed E-state index contributed by atoms with van der Waals surface area (Å²) in [7, 11) is 1.51. The Morgan fingerprint density at radius 2 is 1.88 bits per heavy atom. The Morgan fingerprint density at radius 3 is 2.60 bits per heavy atom. The molecule has 0 aliphatic carbocycles. The summed E-state index contributed by atoms with van der Waals surface area (Å²) in [6.07, 6.45) is -6.53. The molecular weight excluding hydrogens is 680 g/mol. The van der Waals surface area contributed by atoms with Crippen molar-refractivity contribution in [2.75, 3.05) is 54.5 Å². The zero-order valence-electron chi connectivity index (χ0n) is 27.5. The fourth-order valence-electron chi connectivity index (χ4n) is 7.05. The van der Waals surface area contributed by atoms with E-state index >= 15 is 4.39 Å². The van der Waals surface area contributed by atoms with E-state index in [1.165, 1.54) is 23.8 Å². The number of ether oxygens (including phenoxy) is 1. The Balaban J connectivity index is 1.33. The van der Waals surface area contributed by atoms with Gasteiger partial charge in [0.05, 0.1) is 28.0 Å². The molecular formula is C35H37ClF4N6O4. The molecule has 2 fully saturated rings. The third kappa shape index (κ3) is 7.22. The number of anilines is 3. The first-order valence-corrected chi connectivity index (χ1v) is 16.7. The van der Waals surface area contributed by atoms with Crippen molar-refractivity contribution >= 4 is 46.7 Å². The first-order chi connectivity index (χ1) is 23.8. The minimum absolute atomic E-state index is 0.00583. The van der Waals surface area contributed by atoms with Crippen molar-refractivity contribution in [3.8, 4) is 0 Å². The minimum Gasteiger partial charge on any atom is -0.445 e. The third-order valence-corrected chi connectivity index (χ3v) is 9.76. The fourth-order valence-corrected chi connectivity index (χ4v) is 7.34. The lowest BCUT2D eigenvalue weighted by Crippen LogP contribution is -2.56. The second-order valence-corrected chi connectivity index (χ2v) is 13.2. The van der Waals surface area contributed by atoms with Gasteiger partial charge >= 0.3 is 12.3 Å². The molecule has 50 heavy (non-hydrogen) atoms. The number of carbonyl (C=O) groups excluding carboxylic acids is 3. The van der Waals surface area contributed by atoms with Gasteiger partial charge in [0, 0.05) is 51.3 Å². The van der Waals surface area contributed by atoms with Gasteiger partial charge in [-0.25, -0.2) is 14.2 Å². The molecule has 1 N–H and O–H groups in total. The minimum atomic E-state index is -4.69. The highest BCUT2D eigenvalue weighted by Gasteiger charge is 2.49. The van der Waals surface area contributed by atoms with Gasteiger partial charge in [-0.3, -0.25) is 14.5 Å². The molecule has 4 atom stereocenters. The topological polar surface area (TPSA) is 98.3 Å². The highest BCUT2D eigenvalue weighted by Crippen LogP contribution is 2.43. The summed E-state index contributed by atoms with van der Waals surface area (Å²) >= 11 is 6.77. The van der Waals surface area contributed by atoms with Crippen LogP contribution in [0.15, 0.2) is 60.7 Å². The van der Waals surface area contributed by atoms with Crippen LogP contribution in [0.25, 0.3) is 0 Å². The quantitative estimate of drug-likeness (QED) is 0.318. The van der Waals surface area contributed by atoms with E-state index in [9.17, 15) is 27.6 Å². The maximum Gasteiger partial charge on any atom is 0.416 e. The lowest BCUT2D eigenvalue weighted by Gasteiger charge is -2.41. The molecule has 3 aromatic rings. The third-order valence-electron chi connectivity index (χ3n) is 9.45. The first-order valence-electron chi connectivity index (χ1n) is 16.3. The second-order valence-electron chi connectivity index (χ2n) is 12.8. The number of carbonyl (C=O) groups is 3. The molecule has 10 nitrogen and oxygen atoms in total. The van der Waals surface area contributed by atoms with Crippen LogP contribution >= 0.6 is 11.6 Å². The molecule has 0 bridgehead atoms. The second kappa shape index (κ2) is 14.4. The van der Waals surface area contributed by atoms with Gasteiger partial charge in [-0.15, -0.1) is 0 Å². The summed E-state index contributed by atoms with van der Waals surface area (Å²) in [6, 6.07) is 13.8. The molecule has 4 heterocycles. The normalized spacial score (nSPS) is 22.5. The standard InChI is InChI=1S/C35H37ClF4N6O4/c1-21-15-24(35(38,39)40)17-29(42-21)46-30(47)16-23-19-44(32-25(36)9-6-10-28(32)43(2)33(48)31(23)46)13-14-45(27-11-12-41-18-26(27)37)34(49)50-20-22-7-4-3-5-8-22/h3-10,15,17,23,26-27,31,41H,11-14,16,18-20H2,1-2H3/t23-,26-,27+,31+/m1/s1. The van der Waals surface area contributed by atoms with Gasteiger partial charge in [-0.1, -0.05) is 48.0 Å². The van der Waals surface area contributed by atoms with Crippen LogP contribution in [-0.2, 0) is 27.1 Å². The lowest BCUT2D eigenvalue weighted by atomic mass is 9.95. The van der Waals surface area contributed by atoms with Crippen LogP contribution in [0, 0.1) is 12.8 Å². The van der Waals surface area contributed by atoms with Gasteiger partial charge in [0.1, 0.15) is 24.6 Å². The Bertz CT molecular complexity index is 1750. The molecule has 0 radical (unpaired) electrons. The Labute approximate surface area is 291 Å². The zero-order valence-corrected chi connectivity index (χ0v) is 28.3. The summed E-state index contributed by atoms with van der Waals surface area (Å²) in [5.41, 5.74) is 0.704. The highest BCUT2D eigenvalue weighted by molar-refractivity contribution is 6.34. The number of fused-ring (bicyclic) bond motifs is 2. The number of nitrogens with zero attached hydrogens (tertiary/aromatic N) is 5. The van der Waals surface area contributed by atoms with Crippen molar-refractivity contribution in [3.63, 3.8) is 0 Å². The number of likely N-dealkylation sites (N-methyl/N-ethyl adjacent to an activating group) is 1. The number of aryl methyl sites for hydroxylation is 1. The summed E-state index contributed by atoms with van der Waals surface area (Å²) in [5.74, 6) is -2.01. The average molecular weight is 717 g/mol. The van der Waals surface area contributed by atoms with E-state index < -0.39 is 53.8 Å². The number of amides is 3. The monoisotopic (exact) mass is 716 g/mol. The van der Waals surface area contributed by atoms with Gasteiger partial charge in [-0.2, -0.15) is 13.2 Å². The van der Waals surface area contributed by atoms with E-state index in [2.05, 4.69) is 10.3 Å². The predicted octanol–water partition coefficient (Wildman–Crippen LogP) is 5.61. The number of alkyl halides is 4. The van der Waals surface area contributed by atoms with Gasteiger partial charge in [0.25, 0.3) is 0 Å². The number of nitrogens with one attached hydrogen (secondary N) is 1. The summed E-state index contributed by atoms with van der Waals surface area (Å²) in [6.45, 7) is 2.18. The van der Waals surface area contributed by atoms with Crippen LogP contribution in [0.2, 0.25) is 5.02 Å². The Morgan fingerprint density at radius 1 is 1.12 bits per heavy atom. The SMILES string of the molecule is Cc1cc(C(F)(F)F)cc(N2C(=O)C[C@@H]3CN(CCN(C(=O)OCc4ccccc4)[C@H]4CCNC[C@H]4F)c4c(Cl)cccc4N(C)C(=O)[C@H]32)n1. The molecule has 3 aliphatic rings. The summed E-state index contributed by atoms with van der Waals surface area (Å²) in [4.78, 5) is 51.2. The van der Waals surface area contributed by atoms with Crippen molar-refractivity contribution in [1.82, 2.24) is 15.2 Å². The van der Waals surface area contributed by atoms with Gasteiger partial charge in [-0.05, 0) is 49.7 Å². The molecule has 266 valence electrons. The van der Waals surface area contributed by atoms with Crippen LogP contribution in [0.5, 0.6) is 0 Å². The maximum atomic E-state index is 15.3. The summed E-state index contributed by atoms with van der Waals surface area (Å²) < 4.78 is 62.4. The maximum absolute atomic E-state index is 15.3. The van der Waals surface area contributed by atoms with E-state index in [1.54, 1.807) is 18.2 Å². The van der Waals surface area contributed by atoms with Crippen LogP contribution in [0.3, 0.4) is 0 Å². The number of benzene rings is 2. The number of hydrogen-bond acceptors (Lipinski definition) is 7. The number of rotatable bonds is 7. The van der Waals surface area contributed by atoms with E-state index in [-0.39, 0.29) is 50.7 Å². The number of pyridine rings is 1. The molecule has 3 amide bonds. The van der Waals surface area contributed by atoms with E-state index in [1.807, 2.05) is 35.2 Å². The van der Waals surface area contributed by atoms with Crippen LogP contribution in [-0.4, -0.2) is 85.8 Å². The Hall–Kier alpha value is -4.43. The van der Waals surface area contributed by atoms with E-state index in [0.29, 0.717) is 29.4 Å². The summed E-state index contributed by atoms with van der Waals surface area (Å²) in [5, 5.41) is 3.31. The molecule has 0 spiro atoms. The van der Waals surface area contributed by atoms with E-state index in [0.717, 1.165) is 22.6 Å². The average Bonchev–Trinajstić information content (AvgIpc) is 3.41. The fraction of sp³-hybridized carbons (Fsp3) is 0.429.